The maximum Gasteiger partial charge on any atom is 0.226 e. The number of nitrogens with zero attached hydrogens (tertiary/aromatic N) is 4. The van der Waals surface area contributed by atoms with Crippen molar-refractivity contribution in [1.82, 2.24) is 19.6 Å². The predicted molar refractivity (Wildman–Crippen MR) is 99.2 cm³/mol. The summed E-state index contributed by atoms with van der Waals surface area (Å²) < 4.78 is 1.81. The third-order valence-electron chi connectivity index (χ3n) is 4.04. The lowest BCUT2D eigenvalue weighted by Crippen LogP contribution is -2.15. The largest absolute Gasteiger partial charge is 0.369 e. The minimum atomic E-state index is -0.448. The van der Waals surface area contributed by atoms with E-state index in [1.807, 2.05) is 31.4 Å². The van der Waals surface area contributed by atoms with Gasteiger partial charge in [0.25, 0.3) is 0 Å². The van der Waals surface area contributed by atoms with Crippen LogP contribution in [0.4, 0.5) is 5.13 Å². The average Bonchev–Trinajstić information content (AvgIpc) is 3.12. The van der Waals surface area contributed by atoms with Crippen LogP contribution in [0.1, 0.15) is 34.8 Å². The summed E-state index contributed by atoms with van der Waals surface area (Å²) in [5, 5.41) is 9.39. The topological polar surface area (TPSA) is 115 Å². The number of rotatable bonds is 6. The van der Waals surface area contributed by atoms with Gasteiger partial charge in [0.2, 0.25) is 11.8 Å². The molecular weight excluding hydrogens is 352 g/mol. The van der Waals surface area contributed by atoms with E-state index in [0.29, 0.717) is 23.7 Å². The number of fused-ring (bicyclic) bond motifs is 1. The molecule has 8 nitrogen and oxygen atoms in total. The number of amides is 2. The summed E-state index contributed by atoms with van der Waals surface area (Å²) in [4.78, 5) is 31.9. The molecule has 3 aromatic heterocycles. The van der Waals surface area contributed by atoms with Crippen LogP contribution < -0.4 is 11.1 Å². The lowest BCUT2D eigenvalue weighted by atomic mass is 10.1. The maximum absolute atomic E-state index is 12.2. The summed E-state index contributed by atoms with van der Waals surface area (Å²) in [6.07, 6.45) is 0.935. The number of nitrogens with one attached hydrogen (secondary N) is 1. The van der Waals surface area contributed by atoms with Gasteiger partial charge in [0.15, 0.2) is 10.8 Å². The third kappa shape index (κ3) is 3.88. The minimum Gasteiger partial charge on any atom is -0.369 e. The fraction of sp³-hybridized carbons (Fsp3) is 0.353. The molecule has 0 aliphatic rings. The molecule has 9 heteroatoms. The molecule has 26 heavy (non-hydrogen) atoms. The smallest absolute Gasteiger partial charge is 0.226 e. The molecule has 0 saturated heterocycles. The Morgan fingerprint density at radius 2 is 2.04 bits per heavy atom. The van der Waals surface area contributed by atoms with E-state index in [9.17, 15) is 9.59 Å². The van der Waals surface area contributed by atoms with Gasteiger partial charge in [-0.15, -0.1) is 11.3 Å². The fourth-order valence-corrected chi connectivity index (χ4v) is 3.57. The zero-order valence-electron chi connectivity index (χ0n) is 14.9. The highest BCUT2D eigenvalue weighted by atomic mass is 32.1. The van der Waals surface area contributed by atoms with Crippen LogP contribution in [-0.2, 0) is 22.4 Å². The van der Waals surface area contributed by atoms with Gasteiger partial charge in [-0.1, -0.05) is 0 Å². The lowest BCUT2D eigenvalue weighted by Gasteiger charge is -2.10. The Labute approximate surface area is 154 Å². The first-order valence-corrected chi connectivity index (χ1v) is 9.06. The number of nitrogens with two attached hydrogens (primary N) is 1. The van der Waals surface area contributed by atoms with E-state index in [1.54, 1.807) is 5.38 Å². The Kier molecular flexibility index (Phi) is 4.99. The summed E-state index contributed by atoms with van der Waals surface area (Å²) in [6, 6.07) is 1.93. The fourth-order valence-electron chi connectivity index (χ4n) is 2.85. The second kappa shape index (κ2) is 7.20. The van der Waals surface area contributed by atoms with E-state index < -0.39 is 5.91 Å². The SMILES string of the molecule is Cc1cc2nc(C)c(CCC(=O)Nc3nc(CC(N)=O)cs3)c(C)n2n1. The third-order valence-corrected chi connectivity index (χ3v) is 4.85. The summed E-state index contributed by atoms with van der Waals surface area (Å²) in [5.74, 6) is -0.587. The lowest BCUT2D eigenvalue weighted by molar-refractivity contribution is -0.117. The second-order valence-corrected chi connectivity index (χ2v) is 7.01. The van der Waals surface area contributed by atoms with E-state index in [-0.39, 0.29) is 12.3 Å². The zero-order chi connectivity index (χ0) is 18.8. The van der Waals surface area contributed by atoms with Gasteiger partial charge >= 0.3 is 0 Å². The predicted octanol–water partition coefficient (Wildman–Crippen LogP) is 1.71. The highest BCUT2D eigenvalue weighted by Crippen LogP contribution is 2.19. The number of anilines is 1. The van der Waals surface area contributed by atoms with E-state index in [1.165, 1.54) is 11.3 Å². The molecule has 3 N–H and O–H groups in total. The van der Waals surface area contributed by atoms with E-state index >= 15 is 0 Å². The van der Waals surface area contributed by atoms with Crippen molar-refractivity contribution in [2.45, 2.75) is 40.0 Å². The highest BCUT2D eigenvalue weighted by molar-refractivity contribution is 7.13. The van der Waals surface area contributed by atoms with Gasteiger partial charge in [0.05, 0.1) is 17.8 Å². The Bertz CT molecular complexity index is 991. The molecule has 0 bridgehead atoms. The summed E-state index contributed by atoms with van der Waals surface area (Å²) in [5.41, 5.74) is 10.3. The molecule has 0 radical (unpaired) electrons. The van der Waals surface area contributed by atoms with Crippen LogP contribution in [0.5, 0.6) is 0 Å². The van der Waals surface area contributed by atoms with Crippen molar-refractivity contribution in [3.63, 3.8) is 0 Å². The van der Waals surface area contributed by atoms with Crippen LogP contribution in [0, 0.1) is 20.8 Å². The number of carbonyl (C=O) groups is 2. The van der Waals surface area contributed by atoms with Gasteiger partial charge < -0.3 is 11.1 Å². The molecular formula is C17H20N6O2S. The van der Waals surface area contributed by atoms with E-state index in [2.05, 4.69) is 20.4 Å². The van der Waals surface area contributed by atoms with Crippen molar-refractivity contribution in [2.75, 3.05) is 5.32 Å². The van der Waals surface area contributed by atoms with Crippen LogP contribution in [0.25, 0.3) is 5.65 Å². The van der Waals surface area contributed by atoms with Crippen molar-refractivity contribution in [3.8, 4) is 0 Å². The molecule has 0 atom stereocenters. The molecule has 0 aliphatic carbocycles. The molecule has 0 spiro atoms. The number of aromatic nitrogens is 4. The first-order valence-electron chi connectivity index (χ1n) is 8.18. The first-order chi connectivity index (χ1) is 12.3. The van der Waals surface area contributed by atoms with Crippen molar-refractivity contribution in [1.29, 1.82) is 0 Å². The maximum atomic E-state index is 12.2. The Morgan fingerprint density at radius 1 is 1.27 bits per heavy atom. The molecule has 3 heterocycles. The van der Waals surface area contributed by atoms with E-state index in [0.717, 1.165) is 28.3 Å². The van der Waals surface area contributed by atoms with Gasteiger partial charge in [-0.3, -0.25) is 9.59 Å². The Hall–Kier alpha value is -2.81. The standard InChI is InChI=1S/C17H20N6O2S/c1-9-6-15-19-10(2)13(11(3)23(15)22-9)4-5-16(25)21-17-20-12(8-26-17)7-14(18)24/h6,8H,4-5,7H2,1-3H3,(H2,18,24)(H,20,21,25). The minimum absolute atomic E-state index is 0.0692. The van der Waals surface area contributed by atoms with Crippen LogP contribution >= 0.6 is 11.3 Å². The first kappa shape index (κ1) is 18.0. The highest BCUT2D eigenvalue weighted by Gasteiger charge is 2.14. The molecule has 0 saturated carbocycles. The van der Waals surface area contributed by atoms with Gasteiger partial charge in [0, 0.05) is 29.3 Å². The molecule has 3 rings (SSSR count). The summed E-state index contributed by atoms with van der Waals surface area (Å²) >= 11 is 1.28. The normalized spacial score (nSPS) is 11.0. The monoisotopic (exact) mass is 372 g/mol. The number of hydrogen-bond donors (Lipinski definition) is 2. The second-order valence-electron chi connectivity index (χ2n) is 6.15. The number of primary amides is 1. The summed E-state index contributed by atoms with van der Waals surface area (Å²) in [7, 11) is 0. The van der Waals surface area contributed by atoms with Gasteiger partial charge in [-0.25, -0.2) is 14.5 Å². The quantitative estimate of drug-likeness (QED) is 0.683. The van der Waals surface area contributed by atoms with Crippen LogP contribution in [0.15, 0.2) is 11.4 Å². The van der Waals surface area contributed by atoms with Crippen molar-refractivity contribution in [3.05, 3.63) is 39.8 Å². The Morgan fingerprint density at radius 3 is 2.77 bits per heavy atom. The van der Waals surface area contributed by atoms with Crippen LogP contribution in [-0.4, -0.2) is 31.4 Å². The van der Waals surface area contributed by atoms with Gasteiger partial charge in [0.1, 0.15) is 0 Å². The van der Waals surface area contributed by atoms with Crippen molar-refractivity contribution < 1.29 is 9.59 Å². The van der Waals surface area contributed by atoms with Crippen molar-refractivity contribution >= 4 is 33.9 Å². The van der Waals surface area contributed by atoms with Gasteiger partial charge in [-0.2, -0.15) is 5.10 Å². The molecule has 0 aromatic carbocycles. The number of aryl methyl sites for hydroxylation is 3. The van der Waals surface area contributed by atoms with Gasteiger partial charge in [-0.05, 0) is 32.8 Å². The molecule has 0 aliphatic heterocycles. The Balaban J connectivity index is 1.67. The molecule has 0 unspecified atom stereocenters. The molecule has 0 fully saturated rings. The average molecular weight is 372 g/mol. The number of carbonyl (C=O) groups excluding carboxylic acids is 2. The van der Waals surface area contributed by atoms with Crippen LogP contribution in [0.3, 0.4) is 0 Å². The molecule has 136 valence electrons. The number of thiazole rings is 1. The van der Waals surface area contributed by atoms with E-state index in [4.69, 9.17) is 5.73 Å². The number of hydrogen-bond acceptors (Lipinski definition) is 6. The summed E-state index contributed by atoms with van der Waals surface area (Å²) in [6.45, 7) is 5.86. The molecule has 3 aromatic rings. The van der Waals surface area contributed by atoms with Crippen molar-refractivity contribution in [2.24, 2.45) is 5.73 Å². The zero-order valence-corrected chi connectivity index (χ0v) is 15.7. The molecule has 2 amide bonds. The van der Waals surface area contributed by atoms with Crippen LogP contribution in [0.2, 0.25) is 0 Å².